The van der Waals surface area contributed by atoms with Crippen LogP contribution in [0.2, 0.25) is 0 Å². The van der Waals surface area contributed by atoms with Gasteiger partial charge in [0, 0.05) is 26.2 Å². The Labute approximate surface area is 102 Å². The Morgan fingerprint density at radius 2 is 2.12 bits per heavy atom. The molecular weight excluding hydrogens is 222 g/mol. The van der Waals surface area contributed by atoms with E-state index in [1.807, 2.05) is 18.9 Å². The first-order chi connectivity index (χ1) is 8.06. The molecule has 6 nitrogen and oxygen atoms in total. The lowest BCUT2D eigenvalue weighted by Crippen LogP contribution is -2.38. The number of nitrogens with zero attached hydrogens (tertiary/aromatic N) is 2. The van der Waals surface area contributed by atoms with Gasteiger partial charge in [0.1, 0.15) is 6.04 Å². The van der Waals surface area contributed by atoms with Crippen molar-refractivity contribution in [1.29, 1.82) is 0 Å². The first-order valence-electron chi connectivity index (χ1n) is 5.94. The molecule has 17 heavy (non-hydrogen) atoms. The Balaban J connectivity index is 2.25. The number of imide groups is 1. The number of rotatable bonds is 7. The summed E-state index contributed by atoms with van der Waals surface area (Å²) in [5.41, 5.74) is 0. The van der Waals surface area contributed by atoms with Gasteiger partial charge in [-0.25, -0.2) is 4.79 Å². The maximum absolute atomic E-state index is 11.6. The third-order valence-corrected chi connectivity index (χ3v) is 2.75. The standard InChI is InChI=1S/C11H21N3O3/c1-4-17-8-7-13(3)5-6-14-10(15)9(2)12-11(14)16/h9H,4-8H2,1-3H3,(H,12,16)/t9-/m1/s1. The van der Waals surface area contributed by atoms with Crippen LogP contribution in [0.25, 0.3) is 0 Å². The maximum Gasteiger partial charge on any atom is 0.324 e. The zero-order valence-corrected chi connectivity index (χ0v) is 10.7. The predicted molar refractivity (Wildman–Crippen MR) is 63.7 cm³/mol. The van der Waals surface area contributed by atoms with E-state index in [9.17, 15) is 9.59 Å². The number of urea groups is 1. The van der Waals surface area contributed by atoms with Crippen LogP contribution in [0.15, 0.2) is 0 Å². The Kier molecular flexibility index (Phi) is 5.37. The minimum Gasteiger partial charge on any atom is -0.380 e. The number of nitrogens with one attached hydrogen (secondary N) is 1. The topological polar surface area (TPSA) is 61.9 Å². The molecule has 0 aromatic carbocycles. The summed E-state index contributed by atoms with van der Waals surface area (Å²) in [7, 11) is 1.95. The average molecular weight is 243 g/mol. The molecule has 98 valence electrons. The van der Waals surface area contributed by atoms with Crippen LogP contribution in [0.4, 0.5) is 4.79 Å². The van der Waals surface area contributed by atoms with Gasteiger partial charge in [0.2, 0.25) is 0 Å². The van der Waals surface area contributed by atoms with E-state index >= 15 is 0 Å². The number of ether oxygens (including phenoxy) is 1. The Morgan fingerprint density at radius 1 is 1.41 bits per heavy atom. The molecule has 0 aromatic rings. The Bertz CT molecular complexity index is 283. The molecule has 0 bridgehead atoms. The van der Waals surface area contributed by atoms with Gasteiger partial charge < -0.3 is 15.0 Å². The lowest BCUT2D eigenvalue weighted by atomic mass is 10.3. The monoisotopic (exact) mass is 243 g/mol. The maximum atomic E-state index is 11.6. The van der Waals surface area contributed by atoms with Crippen molar-refractivity contribution in [3.8, 4) is 0 Å². The van der Waals surface area contributed by atoms with Crippen LogP contribution in [-0.4, -0.2) is 67.7 Å². The van der Waals surface area contributed by atoms with Crippen molar-refractivity contribution in [2.24, 2.45) is 0 Å². The molecule has 1 fully saturated rings. The summed E-state index contributed by atoms with van der Waals surface area (Å²) in [4.78, 5) is 26.3. The number of carbonyl (C=O) groups excluding carboxylic acids is 2. The summed E-state index contributed by atoms with van der Waals surface area (Å²) < 4.78 is 5.23. The molecule has 1 saturated heterocycles. The highest BCUT2D eigenvalue weighted by Crippen LogP contribution is 2.05. The molecular formula is C11H21N3O3. The van der Waals surface area contributed by atoms with E-state index in [0.29, 0.717) is 26.3 Å². The summed E-state index contributed by atoms with van der Waals surface area (Å²) in [5.74, 6) is -0.145. The van der Waals surface area contributed by atoms with Crippen LogP contribution >= 0.6 is 0 Å². The van der Waals surface area contributed by atoms with Crippen molar-refractivity contribution >= 4 is 11.9 Å². The van der Waals surface area contributed by atoms with Crippen molar-refractivity contribution < 1.29 is 14.3 Å². The normalized spacial score (nSPS) is 20.2. The van der Waals surface area contributed by atoms with Crippen LogP contribution < -0.4 is 5.32 Å². The lowest BCUT2D eigenvalue weighted by Gasteiger charge is -2.19. The summed E-state index contributed by atoms with van der Waals surface area (Å²) in [6, 6.07) is -0.683. The van der Waals surface area contributed by atoms with Crippen LogP contribution in [0.5, 0.6) is 0 Å². The highest BCUT2D eigenvalue weighted by Gasteiger charge is 2.34. The van der Waals surface area contributed by atoms with Gasteiger partial charge in [-0.15, -0.1) is 0 Å². The molecule has 1 rings (SSSR count). The van der Waals surface area contributed by atoms with E-state index in [4.69, 9.17) is 4.74 Å². The van der Waals surface area contributed by atoms with Gasteiger partial charge in [0.25, 0.3) is 5.91 Å². The molecule has 6 heteroatoms. The zero-order valence-electron chi connectivity index (χ0n) is 10.7. The number of hydrogen-bond donors (Lipinski definition) is 1. The molecule has 1 aliphatic rings. The van der Waals surface area contributed by atoms with Crippen molar-refractivity contribution in [1.82, 2.24) is 15.1 Å². The van der Waals surface area contributed by atoms with Gasteiger partial charge in [-0.05, 0) is 20.9 Å². The largest absolute Gasteiger partial charge is 0.380 e. The number of hydrogen-bond acceptors (Lipinski definition) is 4. The molecule has 0 aromatic heterocycles. The Morgan fingerprint density at radius 3 is 2.65 bits per heavy atom. The first-order valence-corrected chi connectivity index (χ1v) is 5.94. The minimum absolute atomic E-state index is 0.145. The fourth-order valence-corrected chi connectivity index (χ4v) is 1.62. The van der Waals surface area contributed by atoms with Crippen molar-refractivity contribution in [3.63, 3.8) is 0 Å². The van der Waals surface area contributed by atoms with Gasteiger partial charge in [-0.1, -0.05) is 0 Å². The molecule has 1 aliphatic heterocycles. The van der Waals surface area contributed by atoms with E-state index in [0.717, 1.165) is 6.54 Å². The second-order valence-electron chi connectivity index (χ2n) is 4.16. The van der Waals surface area contributed by atoms with Crippen LogP contribution in [0, 0.1) is 0 Å². The molecule has 1 N–H and O–H groups in total. The fourth-order valence-electron chi connectivity index (χ4n) is 1.62. The van der Waals surface area contributed by atoms with E-state index < -0.39 is 6.04 Å². The third-order valence-electron chi connectivity index (χ3n) is 2.75. The zero-order chi connectivity index (χ0) is 12.8. The molecule has 3 amide bonds. The van der Waals surface area contributed by atoms with Gasteiger partial charge in [0.05, 0.1) is 6.61 Å². The Hall–Kier alpha value is -1.14. The molecule has 0 aliphatic carbocycles. The SMILES string of the molecule is CCOCCN(C)CCN1C(=O)N[C@H](C)C1=O. The van der Waals surface area contributed by atoms with Crippen LogP contribution in [0.3, 0.4) is 0 Å². The second kappa shape index (κ2) is 6.56. The minimum atomic E-state index is -0.392. The van der Waals surface area contributed by atoms with Crippen molar-refractivity contribution in [2.45, 2.75) is 19.9 Å². The molecule has 0 radical (unpaired) electrons. The van der Waals surface area contributed by atoms with Crippen molar-refractivity contribution in [3.05, 3.63) is 0 Å². The highest BCUT2D eigenvalue weighted by molar-refractivity contribution is 6.03. The summed E-state index contributed by atoms with van der Waals surface area (Å²) in [6.07, 6.45) is 0. The number of likely N-dealkylation sites (N-methyl/N-ethyl adjacent to an activating group) is 1. The number of amides is 3. The summed E-state index contributed by atoms with van der Waals surface area (Å²) in [6.45, 7) is 6.92. The second-order valence-corrected chi connectivity index (χ2v) is 4.16. The van der Waals surface area contributed by atoms with E-state index in [-0.39, 0.29) is 11.9 Å². The van der Waals surface area contributed by atoms with Gasteiger partial charge in [-0.2, -0.15) is 0 Å². The van der Waals surface area contributed by atoms with E-state index in [1.165, 1.54) is 4.90 Å². The van der Waals surface area contributed by atoms with Gasteiger partial charge >= 0.3 is 6.03 Å². The summed E-state index contributed by atoms with van der Waals surface area (Å²) in [5, 5.41) is 2.59. The van der Waals surface area contributed by atoms with Gasteiger partial charge in [0.15, 0.2) is 0 Å². The molecule has 0 spiro atoms. The van der Waals surface area contributed by atoms with E-state index in [1.54, 1.807) is 6.92 Å². The molecule has 1 atom stereocenters. The highest BCUT2D eigenvalue weighted by atomic mass is 16.5. The van der Waals surface area contributed by atoms with Gasteiger partial charge in [-0.3, -0.25) is 9.69 Å². The van der Waals surface area contributed by atoms with Crippen molar-refractivity contribution in [2.75, 3.05) is 39.9 Å². The average Bonchev–Trinajstić information content (AvgIpc) is 2.51. The quantitative estimate of drug-likeness (QED) is 0.501. The smallest absolute Gasteiger partial charge is 0.324 e. The molecule has 0 saturated carbocycles. The lowest BCUT2D eigenvalue weighted by molar-refractivity contribution is -0.127. The van der Waals surface area contributed by atoms with E-state index in [2.05, 4.69) is 5.32 Å². The first kappa shape index (κ1) is 13.9. The number of carbonyl (C=O) groups is 2. The van der Waals surface area contributed by atoms with Crippen LogP contribution in [0.1, 0.15) is 13.8 Å². The molecule has 0 unspecified atom stereocenters. The predicted octanol–water partition coefficient (Wildman–Crippen LogP) is -0.105. The fraction of sp³-hybridized carbons (Fsp3) is 0.818. The van der Waals surface area contributed by atoms with Crippen LogP contribution in [-0.2, 0) is 9.53 Å². The molecule has 1 heterocycles. The third kappa shape index (κ3) is 3.98. The summed E-state index contributed by atoms with van der Waals surface area (Å²) >= 11 is 0.